The number of hydrogen-bond donors (Lipinski definition) is 3. The van der Waals surface area contributed by atoms with Gasteiger partial charge in [0.25, 0.3) is 0 Å². The predicted octanol–water partition coefficient (Wildman–Crippen LogP) is 2.31. The molecule has 110 valence electrons. The van der Waals surface area contributed by atoms with Gasteiger partial charge in [-0.25, -0.2) is 9.59 Å². The zero-order valence-electron chi connectivity index (χ0n) is 11.3. The standard InChI is InChI=1S/C14H14N2O5/c1-20-12-7-9(4-5-11(12)13(17)18)16-14(19)15-8-10-3-2-6-21-10/h2-7H,8H2,1H3,(H,17,18)(H2,15,16,19). The van der Waals surface area contributed by atoms with Crippen molar-refractivity contribution >= 4 is 17.7 Å². The summed E-state index contributed by atoms with van der Waals surface area (Å²) in [6.45, 7) is 0.253. The number of nitrogens with one attached hydrogen (secondary N) is 2. The maximum absolute atomic E-state index is 11.7. The Morgan fingerprint density at radius 3 is 2.76 bits per heavy atom. The summed E-state index contributed by atoms with van der Waals surface area (Å²) in [6.07, 6.45) is 1.52. The summed E-state index contributed by atoms with van der Waals surface area (Å²) in [4.78, 5) is 22.7. The van der Waals surface area contributed by atoms with E-state index in [2.05, 4.69) is 10.6 Å². The Morgan fingerprint density at radius 2 is 2.14 bits per heavy atom. The molecule has 0 saturated heterocycles. The van der Waals surface area contributed by atoms with E-state index in [1.54, 1.807) is 12.1 Å². The third-order valence-corrected chi connectivity index (χ3v) is 2.69. The molecule has 7 nitrogen and oxygen atoms in total. The number of methoxy groups -OCH3 is 1. The Balaban J connectivity index is 1.99. The zero-order chi connectivity index (χ0) is 15.2. The molecule has 0 fully saturated rings. The molecule has 2 aromatic rings. The summed E-state index contributed by atoms with van der Waals surface area (Å²) >= 11 is 0. The molecule has 21 heavy (non-hydrogen) atoms. The molecule has 2 amide bonds. The normalized spacial score (nSPS) is 9.95. The summed E-state index contributed by atoms with van der Waals surface area (Å²) in [5, 5.41) is 14.2. The first-order chi connectivity index (χ1) is 10.1. The van der Waals surface area contributed by atoms with Crippen molar-refractivity contribution in [2.75, 3.05) is 12.4 Å². The van der Waals surface area contributed by atoms with Gasteiger partial charge in [-0.05, 0) is 24.3 Å². The number of hydrogen-bond acceptors (Lipinski definition) is 4. The van der Waals surface area contributed by atoms with Gasteiger partial charge in [0.15, 0.2) is 0 Å². The minimum absolute atomic E-state index is 0.0269. The molecule has 0 aliphatic carbocycles. The second kappa shape index (κ2) is 6.47. The van der Waals surface area contributed by atoms with Crippen molar-refractivity contribution in [2.24, 2.45) is 0 Å². The molecule has 0 aliphatic rings. The number of aromatic carboxylic acids is 1. The van der Waals surface area contributed by atoms with Crippen molar-refractivity contribution in [3.05, 3.63) is 47.9 Å². The number of ether oxygens (including phenoxy) is 1. The van der Waals surface area contributed by atoms with Gasteiger partial charge >= 0.3 is 12.0 Å². The Bertz CT molecular complexity index is 637. The molecular formula is C14H14N2O5. The first kappa shape index (κ1) is 14.4. The summed E-state index contributed by atoms with van der Waals surface area (Å²) in [7, 11) is 1.36. The molecule has 0 spiro atoms. The second-order valence-corrected chi connectivity index (χ2v) is 4.11. The van der Waals surface area contributed by atoms with E-state index in [0.29, 0.717) is 11.4 Å². The van der Waals surface area contributed by atoms with E-state index in [-0.39, 0.29) is 17.9 Å². The molecule has 0 bridgehead atoms. The van der Waals surface area contributed by atoms with E-state index in [1.165, 1.54) is 31.6 Å². The summed E-state index contributed by atoms with van der Waals surface area (Å²) in [5.74, 6) is -0.295. The Labute approximate surface area is 120 Å². The van der Waals surface area contributed by atoms with Crippen LogP contribution in [0.25, 0.3) is 0 Å². The van der Waals surface area contributed by atoms with Gasteiger partial charge in [0, 0.05) is 11.8 Å². The van der Waals surface area contributed by atoms with Crippen molar-refractivity contribution in [3.63, 3.8) is 0 Å². The summed E-state index contributed by atoms with van der Waals surface area (Å²) in [5.41, 5.74) is 0.452. The lowest BCUT2D eigenvalue weighted by Crippen LogP contribution is -2.28. The molecular weight excluding hydrogens is 276 g/mol. The maximum Gasteiger partial charge on any atom is 0.339 e. The Hall–Kier alpha value is -2.96. The topological polar surface area (TPSA) is 101 Å². The fourth-order valence-corrected chi connectivity index (χ4v) is 1.70. The minimum atomic E-state index is -1.10. The van der Waals surface area contributed by atoms with Crippen LogP contribution in [0.15, 0.2) is 41.0 Å². The van der Waals surface area contributed by atoms with Crippen LogP contribution >= 0.6 is 0 Å². The van der Waals surface area contributed by atoms with Gasteiger partial charge < -0.3 is 24.9 Å². The van der Waals surface area contributed by atoms with Gasteiger partial charge in [-0.15, -0.1) is 0 Å². The Kier molecular flexibility index (Phi) is 4.45. The molecule has 1 aromatic heterocycles. The predicted molar refractivity (Wildman–Crippen MR) is 74.5 cm³/mol. The quantitative estimate of drug-likeness (QED) is 0.784. The monoisotopic (exact) mass is 290 g/mol. The lowest BCUT2D eigenvalue weighted by atomic mass is 10.2. The second-order valence-electron chi connectivity index (χ2n) is 4.11. The van der Waals surface area contributed by atoms with Crippen molar-refractivity contribution in [2.45, 2.75) is 6.54 Å². The molecule has 3 N–H and O–H groups in total. The van der Waals surface area contributed by atoms with Gasteiger partial charge in [-0.3, -0.25) is 0 Å². The van der Waals surface area contributed by atoms with Gasteiger partial charge in [-0.1, -0.05) is 0 Å². The van der Waals surface area contributed by atoms with E-state index in [4.69, 9.17) is 14.3 Å². The SMILES string of the molecule is COc1cc(NC(=O)NCc2ccco2)ccc1C(=O)O. The molecule has 0 unspecified atom stereocenters. The van der Waals surface area contributed by atoms with E-state index in [1.807, 2.05) is 0 Å². The largest absolute Gasteiger partial charge is 0.496 e. The van der Waals surface area contributed by atoms with Gasteiger partial charge in [0.05, 0.1) is 19.9 Å². The molecule has 2 rings (SSSR count). The van der Waals surface area contributed by atoms with Gasteiger partial charge in [-0.2, -0.15) is 0 Å². The van der Waals surface area contributed by atoms with Crippen LogP contribution in [0.2, 0.25) is 0 Å². The van der Waals surface area contributed by atoms with Crippen LogP contribution in [0.5, 0.6) is 5.75 Å². The number of carbonyl (C=O) groups excluding carboxylic acids is 1. The number of carbonyl (C=O) groups is 2. The number of furan rings is 1. The lowest BCUT2D eigenvalue weighted by Gasteiger charge is -2.10. The number of carboxylic acids is 1. The average Bonchev–Trinajstić information content (AvgIpc) is 2.98. The average molecular weight is 290 g/mol. The molecule has 1 aromatic carbocycles. The number of rotatable bonds is 5. The van der Waals surface area contributed by atoms with E-state index < -0.39 is 12.0 Å². The molecule has 0 radical (unpaired) electrons. The zero-order valence-corrected chi connectivity index (χ0v) is 11.3. The number of carboxylic acid groups (broad SMARTS) is 1. The Morgan fingerprint density at radius 1 is 1.33 bits per heavy atom. The van der Waals surface area contributed by atoms with Crippen molar-refractivity contribution in [3.8, 4) is 5.75 Å². The van der Waals surface area contributed by atoms with Gasteiger partial charge in [0.2, 0.25) is 0 Å². The molecule has 7 heteroatoms. The fraction of sp³-hybridized carbons (Fsp3) is 0.143. The smallest absolute Gasteiger partial charge is 0.339 e. The van der Waals surface area contributed by atoms with Crippen LogP contribution in [-0.4, -0.2) is 24.2 Å². The summed E-state index contributed by atoms with van der Waals surface area (Å²) < 4.78 is 10.1. The fourth-order valence-electron chi connectivity index (χ4n) is 1.70. The third kappa shape index (κ3) is 3.75. The van der Waals surface area contributed by atoms with Crippen molar-refractivity contribution < 1.29 is 23.8 Å². The highest BCUT2D eigenvalue weighted by Crippen LogP contribution is 2.23. The highest BCUT2D eigenvalue weighted by molar-refractivity contribution is 5.94. The van der Waals surface area contributed by atoms with Crippen molar-refractivity contribution in [1.29, 1.82) is 0 Å². The van der Waals surface area contributed by atoms with Gasteiger partial charge in [0.1, 0.15) is 17.1 Å². The lowest BCUT2D eigenvalue weighted by molar-refractivity contribution is 0.0693. The molecule has 0 atom stereocenters. The number of benzene rings is 1. The molecule has 1 heterocycles. The van der Waals surface area contributed by atoms with Crippen LogP contribution in [0.3, 0.4) is 0 Å². The van der Waals surface area contributed by atoms with Crippen LogP contribution in [0.1, 0.15) is 16.1 Å². The van der Waals surface area contributed by atoms with E-state index in [0.717, 1.165) is 0 Å². The van der Waals surface area contributed by atoms with E-state index in [9.17, 15) is 9.59 Å². The van der Waals surface area contributed by atoms with Crippen LogP contribution < -0.4 is 15.4 Å². The van der Waals surface area contributed by atoms with Crippen LogP contribution in [-0.2, 0) is 6.54 Å². The molecule has 0 aliphatic heterocycles. The third-order valence-electron chi connectivity index (χ3n) is 2.69. The van der Waals surface area contributed by atoms with Crippen LogP contribution in [0, 0.1) is 0 Å². The number of anilines is 1. The first-order valence-electron chi connectivity index (χ1n) is 6.08. The number of amides is 2. The van der Waals surface area contributed by atoms with E-state index >= 15 is 0 Å². The first-order valence-corrected chi connectivity index (χ1v) is 6.08. The number of urea groups is 1. The van der Waals surface area contributed by atoms with Crippen molar-refractivity contribution in [1.82, 2.24) is 5.32 Å². The highest BCUT2D eigenvalue weighted by Gasteiger charge is 2.12. The summed E-state index contributed by atoms with van der Waals surface area (Å²) in [6, 6.07) is 7.32. The van der Waals surface area contributed by atoms with Crippen LogP contribution in [0.4, 0.5) is 10.5 Å². The minimum Gasteiger partial charge on any atom is -0.496 e. The molecule has 0 saturated carbocycles. The maximum atomic E-state index is 11.7. The highest BCUT2D eigenvalue weighted by atomic mass is 16.5.